The molecule has 0 aliphatic heterocycles. The molecule has 32 rings (SSSR count). The van der Waals surface area contributed by atoms with Crippen LogP contribution in [0.1, 0.15) is 155 Å². The van der Waals surface area contributed by atoms with Crippen LogP contribution in [0, 0.1) is 94.3 Å². The zero-order chi connectivity index (χ0) is 97.8. The van der Waals surface area contributed by atoms with Gasteiger partial charge in [0.1, 0.15) is 103 Å². The van der Waals surface area contributed by atoms with E-state index in [4.69, 9.17) is 62.0 Å². The summed E-state index contributed by atoms with van der Waals surface area (Å²) >= 11 is 0. The third kappa shape index (κ3) is 18.0. The number of halogens is 4. The van der Waals surface area contributed by atoms with Crippen LogP contribution >= 0.6 is 0 Å². The molecular weight excluding hydrogens is 1830 g/mol. The van der Waals surface area contributed by atoms with Gasteiger partial charge in [0.15, 0.2) is 63.6 Å². The number of anilines is 4. The van der Waals surface area contributed by atoms with Gasteiger partial charge in [0, 0.05) is 142 Å². The van der Waals surface area contributed by atoms with Gasteiger partial charge in [-0.2, -0.15) is 0 Å². The van der Waals surface area contributed by atoms with E-state index in [0.717, 1.165) is 112 Å². The minimum absolute atomic E-state index is 0.366. The molecular formula is C115H113F4N21O5. The van der Waals surface area contributed by atoms with Crippen LogP contribution in [0.4, 0.5) is 40.8 Å². The van der Waals surface area contributed by atoms with Crippen molar-refractivity contribution in [3.05, 3.63) is 242 Å². The van der Waals surface area contributed by atoms with Gasteiger partial charge in [-0.05, 0) is 290 Å². The van der Waals surface area contributed by atoms with E-state index in [0.29, 0.717) is 202 Å². The maximum atomic E-state index is 14.1. The molecule has 12 fully saturated rings. The van der Waals surface area contributed by atoms with Crippen LogP contribution in [0.5, 0.6) is 0 Å². The SMILES string of the molecule is CC1C2CCC(CC2)C1Nc1cc(-c2cc3c(o2)CCCC3)nc(-c2c[nH]c3ncc(F)cc23)n1.CC1C2CCC(CC2)C1Nc1cc(-c2ccc(-c3ccccc3)o2)nc(-c2c[nH]c3ncc(F)cc23)n1.CC1C2CCC(CC2)C1Nc1cc(-c2ccc(-c3cccn3C)o2)nc(-c2c[nH]c3ncc(F)cc23)n1.CC1C2CCC(CC2)C1Nc1cc(-c2ccc(-c3ccco3)o2)nc(-c2c[nH]c3ncc(F)cc23)n1. The molecule has 13 aliphatic rings. The molecule has 8 unspecified atom stereocenters. The number of nitrogens with one attached hydrogen (secondary N) is 8. The second-order valence-electron chi connectivity index (χ2n) is 41.8. The van der Waals surface area contributed by atoms with Crippen molar-refractivity contribution in [1.29, 1.82) is 0 Å². The molecule has 19 aromatic rings. The van der Waals surface area contributed by atoms with Gasteiger partial charge in [0.2, 0.25) is 0 Å². The molecule has 0 saturated heterocycles. The average molecular weight is 1950 g/mol. The number of H-pyrrole nitrogens is 4. The van der Waals surface area contributed by atoms with E-state index < -0.39 is 17.5 Å². The molecule has 145 heavy (non-hydrogen) atoms. The molecule has 26 nitrogen and oxygen atoms in total. The largest absolute Gasteiger partial charge is 0.461 e. The van der Waals surface area contributed by atoms with E-state index in [2.05, 4.69) is 94.9 Å². The van der Waals surface area contributed by atoms with Crippen LogP contribution < -0.4 is 21.3 Å². The minimum atomic E-state index is -0.404. The number of nitrogens with zero attached hydrogens (tertiary/aromatic N) is 13. The molecule has 18 heterocycles. The van der Waals surface area contributed by atoms with Gasteiger partial charge in [-0.25, -0.2) is 77.4 Å². The summed E-state index contributed by atoms with van der Waals surface area (Å²) in [6.07, 6.45) is 40.8. The number of benzene rings is 1. The predicted molar refractivity (Wildman–Crippen MR) is 551 cm³/mol. The Bertz CT molecular complexity index is 7900. The highest BCUT2D eigenvalue weighted by Crippen LogP contribution is 2.52. The van der Waals surface area contributed by atoms with Crippen LogP contribution in [0.3, 0.4) is 0 Å². The van der Waals surface area contributed by atoms with Crippen LogP contribution in [0.25, 0.3) is 170 Å². The summed E-state index contributed by atoms with van der Waals surface area (Å²) in [5.41, 5.74) is 11.3. The van der Waals surface area contributed by atoms with Crippen LogP contribution in [0.15, 0.2) is 230 Å². The molecule has 13 aliphatic carbocycles. The van der Waals surface area contributed by atoms with Crippen LogP contribution in [-0.4, -0.2) is 108 Å². The molecule has 0 spiro atoms. The van der Waals surface area contributed by atoms with E-state index >= 15 is 0 Å². The summed E-state index contributed by atoms with van der Waals surface area (Å²) in [6.45, 7) is 9.46. The molecule has 12 saturated carbocycles. The van der Waals surface area contributed by atoms with Crippen molar-refractivity contribution >= 4 is 67.4 Å². The van der Waals surface area contributed by atoms with Gasteiger partial charge in [-0.1, -0.05) is 58.0 Å². The fourth-order valence-electron chi connectivity index (χ4n) is 25.6. The number of pyridine rings is 4. The Morgan fingerprint density at radius 1 is 0.317 bits per heavy atom. The molecule has 0 amide bonds. The number of aryl methyl sites for hydroxylation is 3. The van der Waals surface area contributed by atoms with E-state index in [1.807, 2.05) is 139 Å². The molecule has 736 valence electrons. The first-order valence-electron chi connectivity index (χ1n) is 51.7. The van der Waals surface area contributed by atoms with E-state index in [9.17, 15) is 17.6 Å². The molecule has 18 aromatic heterocycles. The van der Waals surface area contributed by atoms with Crippen molar-refractivity contribution in [2.75, 3.05) is 21.3 Å². The molecule has 8 atom stereocenters. The number of aromatic amines is 4. The van der Waals surface area contributed by atoms with Crippen LogP contribution in [0.2, 0.25) is 0 Å². The molecule has 30 heteroatoms. The first-order chi connectivity index (χ1) is 70.9. The number of furan rings is 5. The first kappa shape index (κ1) is 91.1. The van der Waals surface area contributed by atoms with Gasteiger partial charge in [-0.3, -0.25) is 0 Å². The average Bonchev–Trinajstić information content (AvgIpc) is 1.72. The lowest BCUT2D eigenvalue weighted by Gasteiger charge is -2.47. The fourth-order valence-corrected chi connectivity index (χ4v) is 25.6. The maximum absolute atomic E-state index is 14.1. The van der Waals surface area contributed by atoms with Crippen molar-refractivity contribution in [1.82, 2.24) is 84.3 Å². The summed E-state index contributed by atoms with van der Waals surface area (Å²) in [5, 5.41) is 17.7. The monoisotopic (exact) mass is 1940 g/mol. The third-order valence-electron chi connectivity index (χ3n) is 33.5. The highest BCUT2D eigenvalue weighted by molar-refractivity contribution is 5.95. The quantitative estimate of drug-likeness (QED) is 0.0349. The molecule has 1 aromatic carbocycles. The smallest absolute Gasteiger partial charge is 0.170 e. The summed E-state index contributed by atoms with van der Waals surface area (Å²) in [5.74, 6) is 18.3. The normalized spacial score (nSPS) is 23.8. The maximum Gasteiger partial charge on any atom is 0.170 e. The molecule has 8 bridgehead atoms. The number of fused-ring (bicyclic) bond motifs is 17. The summed E-state index contributed by atoms with van der Waals surface area (Å²) in [6, 6.07) is 46.8. The van der Waals surface area contributed by atoms with Crippen molar-refractivity contribution in [2.24, 2.45) is 78.1 Å². The highest BCUT2D eigenvalue weighted by Gasteiger charge is 2.46. The molecule has 8 N–H and O–H groups in total. The zero-order valence-corrected chi connectivity index (χ0v) is 81.4. The Morgan fingerprint density at radius 3 is 1.01 bits per heavy atom. The van der Waals surface area contributed by atoms with Gasteiger partial charge in [-0.15, -0.1) is 0 Å². The molecule has 0 radical (unpaired) electrons. The third-order valence-corrected chi connectivity index (χ3v) is 33.5. The lowest BCUT2D eigenvalue weighted by atomic mass is 9.62. The minimum Gasteiger partial charge on any atom is -0.461 e. The number of hydrogen-bond acceptors (Lipinski definition) is 21. The number of hydrogen-bond donors (Lipinski definition) is 8. The van der Waals surface area contributed by atoms with Crippen molar-refractivity contribution in [2.45, 2.75) is 180 Å². The van der Waals surface area contributed by atoms with Gasteiger partial charge in [0.25, 0.3) is 0 Å². The lowest BCUT2D eigenvalue weighted by Crippen LogP contribution is -2.47. The van der Waals surface area contributed by atoms with E-state index in [1.54, 1.807) is 24.9 Å². The first-order valence-corrected chi connectivity index (χ1v) is 51.7. The number of rotatable bonds is 19. The zero-order valence-electron chi connectivity index (χ0n) is 81.4. The van der Waals surface area contributed by atoms with E-state index in [-0.39, 0.29) is 5.82 Å². The lowest BCUT2D eigenvalue weighted by molar-refractivity contribution is 0.0928. The Hall–Kier alpha value is -15.1. The van der Waals surface area contributed by atoms with Crippen LogP contribution in [-0.2, 0) is 19.9 Å². The summed E-state index contributed by atoms with van der Waals surface area (Å²) in [7, 11) is 1.99. The fraction of sp³-hybridized carbons (Fsp3) is 0.357. The Balaban J connectivity index is 0.000000101. The highest BCUT2D eigenvalue weighted by atomic mass is 19.1. The van der Waals surface area contributed by atoms with Gasteiger partial charge in [0.05, 0.1) is 36.7 Å². The van der Waals surface area contributed by atoms with Crippen molar-refractivity contribution in [3.8, 4) is 126 Å². The topological polar surface area (TPSA) is 337 Å². The van der Waals surface area contributed by atoms with Gasteiger partial charge < -0.3 is 67.9 Å². The summed E-state index contributed by atoms with van der Waals surface area (Å²) < 4.78 is 88.7. The second-order valence-corrected chi connectivity index (χ2v) is 41.8. The number of aromatic nitrogens is 17. The van der Waals surface area contributed by atoms with E-state index in [1.165, 1.54) is 164 Å². The summed E-state index contributed by atoms with van der Waals surface area (Å²) in [4.78, 5) is 68.4. The van der Waals surface area contributed by atoms with Gasteiger partial charge >= 0.3 is 0 Å². The van der Waals surface area contributed by atoms with Crippen molar-refractivity contribution < 1.29 is 39.6 Å². The Morgan fingerprint density at radius 2 is 0.655 bits per heavy atom. The Kier molecular flexibility index (Phi) is 24.0. The Labute approximate surface area is 834 Å². The predicted octanol–water partition coefficient (Wildman–Crippen LogP) is 27.4. The standard InChI is InChI=1S/C30H28FN5O.C29H29FN6O.C28H26FN5O2.C28H30FN5O/c1-17-18-7-9-20(10-8-18)28(17)35-27-14-24(26-12-11-25(37-26)19-5-3-2-4-6-19)34-30(36-27)23-16-33-29-22(23)13-21(31)15-32-29;1-16-17-5-7-18(8-6-17)27(16)34-26-13-22(24-9-10-25(37-24)23-4-3-11-36(23)2)33-29(35-26)21-15-32-28-20(21)12-19(30)14-31-28;1-15-16-4-6-17(7-5-16)26(15)33-25-12-21(22-8-9-24(36-22)23-3-2-10-35-23)32-28(34-25)20-14-31-27-19(20)11-18(29)13-30-27;1-15-16-6-8-17(9-7-16)26(15)33-25-12-22(24-10-18-4-2-3-5-23(18)35-24)32-28(34-25)21-14-31-27-20(21)11-19(29)13-30-27/h2-6,11-18,20,28H,7-10H2,1H3,(H,32,33)(H,34,35,36);3-4,9-18,27H,5-8H2,1-2H3,(H,31,32)(H,33,34,35);2-3,8-17,26H,4-7H2,1H3,(H,30,31)(H,32,33,34);10-17,26H,2-9H2,1H3,(H,30,31)(H,32,33,34). The second kappa shape index (κ2) is 38.2. The van der Waals surface area contributed by atoms with Crippen molar-refractivity contribution in [3.63, 3.8) is 0 Å².